The van der Waals surface area contributed by atoms with Crippen molar-refractivity contribution in [1.29, 1.82) is 0 Å². The lowest BCUT2D eigenvalue weighted by Crippen LogP contribution is -2.09. The number of carbonyl (C=O) groups is 1. The van der Waals surface area contributed by atoms with Crippen LogP contribution in [0.25, 0.3) is 0 Å². The highest BCUT2D eigenvalue weighted by Crippen LogP contribution is 2.11. The number of halogens is 2. The van der Waals surface area contributed by atoms with E-state index in [0.29, 0.717) is 17.0 Å². The lowest BCUT2D eigenvalue weighted by molar-refractivity contribution is -0.121. The Bertz CT molecular complexity index is 315. The van der Waals surface area contributed by atoms with Crippen molar-refractivity contribution in [3.8, 4) is 0 Å². The summed E-state index contributed by atoms with van der Waals surface area (Å²) in [4.78, 5) is 10.9. The minimum atomic E-state index is 0.0343. The smallest absolute Gasteiger partial charge is 0.168 e. The van der Waals surface area contributed by atoms with Crippen molar-refractivity contribution in [3.05, 3.63) is 34.9 Å². The van der Waals surface area contributed by atoms with E-state index >= 15 is 0 Å². The maximum Gasteiger partial charge on any atom is 0.168 e. The fraction of sp³-hybridized carbons (Fsp3) is 0.300. The molecule has 0 atom stereocenters. The quantitative estimate of drug-likeness (QED) is 0.774. The molecule has 2 nitrogen and oxygen atoms in total. The van der Waals surface area contributed by atoms with Gasteiger partial charge in [0.15, 0.2) is 5.78 Å². The third-order valence-corrected chi connectivity index (χ3v) is 2.43. The lowest BCUT2D eigenvalue weighted by atomic mass is 10.2. The largest absolute Gasteiger partial charge is 0.369 e. The predicted molar refractivity (Wildman–Crippen MR) is 59.9 cm³/mol. The van der Waals surface area contributed by atoms with Crippen molar-refractivity contribution in [2.75, 3.05) is 11.9 Å². The Kier molecular flexibility index (Phi) is 5.15. The minimum Gasteiger partial charge on any atom is -0.369 e. The average molecular weight is 278 g/mol. The molecule has 1 aromatic carbocycles. The number of alkyl halides is 1. The minimum absolute atomic E-state index is 0.0343. The van der Waals surface area contributed by atoms with Crippen LogP contribution in [0, 0.1) is 0 Å². The maximum atomic E-state index is 10.9. The SMILES string of the molecule is O=C(CBr)COCc1cccc(Cl)c1. The first kappa shape index (κ1) is 11.7. The summed E-state index contributed by atoms with van der Waals surface area (Å²) in [6.45, 7) is 0.553. The van der Waals surface area contributed by atoms with Crippen molar-refractivity contribution in [3.63, 3.8) is 0 Å². The van der Waals surface area contributed by atoms with Gasteiger partial charge in [-0.1, -0.05) is 39.7 Å². The summed E-state index contributed by atoms with van der Waals surface area (Å²) >= 11 is 8.85. The van der Waals surface area contributed by atoms with E-state index in [1.165, 1.54) is 0 Å². The summed E-state index contributed by atoms with van der Waals surface area (Å²) in [7, 11) is 0. The summed E-state index contributed by atoms with van der Waals surface area (Å²) in [6, 6.07) is 7.38. The molecule has 0 spiro atoms. The number of carbonyl (C=O) groups excluding carboxylic acids is 1. The Morgan fingerprint density at radius 3 is 2.93 bits per heavy atom. The molecule has 0 aliphatic rings. The summed E-state index contributed by atoms with van der Waals surface area (Å²) in [6.07, 6.45) is 0. The van der Waals surface area contributed by atoms with E-state index in [0.717, 1.165) is 5.56 Å². The topological polar surface area (TPSA) is 26.3 Å². The van der Waals surface area contributed by atoms with E-state index < -0.39 is 0 Å². The molecule has 0 saturated heterocycles. The van der Waals surface area contributed by atoms with Gasteiger partial charge in [0, 0.05) is 5.02 Å². The number of hydrogen-bond donors (Lipinski definition) is 0. The molecule has 0 aliphatic carbocycles. The van der Waals surface area contributed by atoms with Gasteiger partial charge in [-0.2, -0.15) is 0 Å². The first-order chi connectivity index (χ1) is 6.72. The van der Waals surface area contributed by atoms with Gasteiger partial charge in [-0.15, -0.1) is 0 Å². The van der Waals surface area contributed by atoms with Crippen LogP contribution in [0.2, 0.25) is 5.02 Å². The summed E-state index contributed by atoms with van der Waals surface area (Å²) < 4.78 is 5.19. The van der Waals surface area contributed by atoms with E-state index in [1.807, 2.05) is 18.2 Å². The van der Waals surface area contributed by atoms with Crippen LogP contribution in [0.15, 0.2) is 24.3 Å². The van der Waals surface area contributed by atoms with Gasteiger partial charge >= 0.3 is 0 Å². The molecule has 0 amide bonds. The van der Waals surface area contributed by atoms with Crippen molar-refractivity contribution < 1.29 is 9.53 Å². The van der Waals surface area contributed by atoms with Crippen LogP contribution in [0.1, 0.15) is 5.56 Å². The van der Waals surface area contributed by atoms with Crippen molar-refractivity contribution in [2.24, 2.45) is 0 Å². The molecule has 0 N–H and O–H groups in total. The summed E-state index contributed by atoms with van der Waals surface area (Å²) in [5.41, 5.74) is 0.972. The summed E-state index contributed by atoms with van der Waals surface area (Å²) in [5, 5.41) is 1.01. The van der Waals surface area contributed by atoms with E-state index in [2.05, 4.69) is 15.9 Å². The standard InChI is InChI=1S/C10H10BrClO2/c11-5-10(13)7-14-6-8-2-1-3-9(12)4-8/h1-4H,5-7H2. The fourth-order valence-electron chi connectivity index (χ4n) is 0.948. The highest BCUT2D eigenvalue weighted by atomic mass is 79.9. The molecular formula is C10H10BrClO2. The van der Waals surface area contributed by atoms with Crippen LogP contribution in [0.3, 0.4) is 0 Å². The van der Waals surface area contributed by atoms with E-state index in [9.17, 15) is 4.79 Å². The molecule has 0 aliphatic heterocycles. The van der Waals surface area contributed by atoms with Gasteiger partial charge in [-0.05, 0) is 17.7 Å². The zero-order valence-electron chi connectivity index (χ0n) is 7.50. The van der Waals surface area contributed by atoms with Crippen molar-refractivity contribution >= 4 is 33.3 Å². The molecule has 1 aromatic rings. The Balaban J connectivity index is 2.35. The normalized spacial score (nSPS) is 10.1. The molecule has 4 heteroatoms. The van der Waals surface area contributed by atoms with E-state index in [4.69, 9.17) is 16.3 Å². The van der Waals surface area contributed by atoms with Gasteiger partial charge in [0.2, 0.25) is 0 Å². The number of hydrogen-bond acceptors (Lipinski definition) is 2. The molecule has 0 fully saturated rings. The lowest BCUT2D eigenvalue weighted by Gasteiger charge is -2.02. The highest BCUT2D eigenvalue weighted by molar-refractivity contribution is 9.09. The fourth-order valence-corrected chi connectivity index (χ4v) is 1.32. The van der Waals surface area contributed by atoms with Gasteiger partial charge in [0.1, 0.15) is 6.61 Å². The number of Topliss-reactive ketones (excluding diaryl/α,β-unsaturated/α-hetero) is 1. The predicted octanol–water partition coefficient (Wildman–Crippen LogP) is 2.82. The van der Waals surface area contributed by atoms with Crippen LogP contribution in [0.5, 0.6) is 0 Å². The first-order valence-electron chi connectivity index (χ1n) is 4.12. The number of rotatable bonds is 5. The highest BCUT2D eigenvalue weighted by Gasteiger charge is 1.99. The van der Waals surface area contributed by atoms with Crippen LogP contribution in [-0.4, -0.2) is 17.7 Å². The summed E-state index contributed by atoms with van der Waals surface area (Å²) in [5.74, 6) is 0.0343. The number of benzene rings is 1. The third kappa shape index (κ3) is 4.22. The Hall–Kier alpha value is -0.380. The van der Waals surface area contributed by atoms with E-state index in [-0.39, 0.29) is 12.4 Å². The van der Waals surface area contributed by atoms with Gasteiger partial charge < -0.3 is 4.74 Å². The Morgan fingerprint density at radius 1 is 1.50 bits per heavy atom. The van der Waals surface area contributed by atoms with Crippen LogP contribution in [0.4, 0.5) is 0 Å². The monoisotopic (exact) mass is 276 g/mol. The third-order valence-electron chi connectivity index (χ3n) is 1.57. The molecule has 0 unspecified atom stereocenters. The zero-order chi connectivity index (χ0) is 10.4. The van der Waals surface area contributed by atoms with Crippen LogP contribution >= 0.6 is 27.5 Å². The van der Waals surface area contributed by atoms with Gasteiger partial charge in [-0.3, -0.25) is 4.79 Å². The van der Waals surface area contributed by atoms with Crippen molar-refractivity contribution in [2.45, 2.75) is 6.61 Å². The van der Waals surface area contributed by atoms with Crippen LogP contribution in [-0.2, 0) is 16.1 Å². The zero-order valence-corrected chi connectivity index (χ0v) is 9.85. The Labute approximate surface area is 96.3 Å². The first-order valence-corrected chi connectivity index (χ1v) is 5.62. The molecule has 14 heavy (non-hydrogen) atoms. The molecule has 0 radical (unpaired) electrons. The average Bonchev–Trinajstić information content (AvgIpc) is 2.17. The number of ketones is 1. The van der Waals surface area contributed by atoms with Gasteiger partial charge in [-0.25, -0.2) is 0 Å². The maximum absolute atomic E-state index is 10.9. The molecule has 76 valence electrons. The van der Waals surface area contributed by atoms with Gasteiger partial charge in [0.25, 0.3) is 0 Å². The number of ether oxygens (including phenoxy) is 1. The molecular weight excluding hydrogens is 267 g/mol. The molecule has 0 saturated carbocycles. The second-order valence-corrected chi connectivity index (χ2v) is 3.79. The molecule has 0 heterocycles. The second-order valence-electron chi connectivity index (χ2n) is 2.80. The van der Waals surface area contributed by atoms with Crippen LogP contribution < -0.4 is 0 Å². The second kappa shape index (κ2) is 6.17. The molecule has 0 aromatic heterocycles. The van der Waals surface area contributed by atoms with Crippen molar-refractivity contribution in [1.82, 2.24) is 0 Å². The molecule has 0 bridgehead atoms. The van der Waals surface area contributed by atoms with Gasteiger partial charge in [0.05, 0.1) is 11.9 Å². The Morgan fingerprint density at radius 2 is 2.29 bits per heavy atom. The molecule has 1 rings (SSSR count). The van der Waals surface area contributed by atoms with E-state index in [1.54, 1.807) is 6.07 Å².